The topological polar surface area (TPSA) is 119 Å². The summed E-state index contributed by atoms with van der Waals surface area (Å²) in [5, 5.41) is 0. The van der Waals surface area contributed by atoms with Crippen molar-refractivity contribution in [3.05, 3.63) is 94.0 Å². The molecular weight excluding hydrogens is 532 g/mol. The number of benzene rings is 3. The van der Waals surface area contributed by atoms with Gasteiger partial charge in [0, 0.05) is 17.8 Å². The zero-order valence-corrected chi connectivity index (χ0v) is 23.4. The van der Waals surface area contributed by atoms with Crippen LogP contribution in [0.1, 0.15) is 71.4 Å². The van der Waals surface area contributed by atoms with Gasteiger partial charge in [-0.2, -0.15) is 0 Å². The Bertz CT molecular complexity index is 1510. The Morgan fingerprint density at radius 2 is 1.50 bits per heavy atom. The average molecular weight is 564 g/mol. The minimum Gasteiger partial charge on any atom is -0.744 e. The van der Waals surface area contributed by atoms with Crippen LogP contribution in [0.4, 0.5) is 0 Å². The standard InChI is InChI=1S/C31H32O8S/c1-18(2)25-14-27(19(3)12-28(25)40(34,35)36)39-30(33)17-37-16-29(32)38-15-20-13-26-21-8-4-6-10-23(21)31(20)24-11-7-5-9-22(24)26/h4-12,14,18,20,26,31H,13,15-17H2,1-3H3,(H,34,35,36)/p-1. The Balaban J connectivity index is 1.15. The van der Waals surface area contributed by atoms with Gasteiger partial charge in [-0.25, -0.2) is 18.0 Å². The third kappa shape index (κ3) is 5.54. The molecule has 0 radical (unpaired) electrons. The lowest BCUT2D eigenvalue weighted by atomic mass is 9.59. The van der Waals surface area contributed by atoms with Crippen LogP contribution in [0.15, 0.2) is 65.6 Å². The Morgan fingerprint density at radius 3 is 2.08 bits per heavy atom. The van der Waals surface area contributed by atoms with Crippen LogP contribution in [-0.2, 0) is 29.2 Å². The molecule has 0 aliphatic heterocycles. The van der Waals surface area contributed by atoms with Crippen molar-refractivity contribution in [3.8, 4) is 5.75 Å². The van der Waals surface area contributed by atoms with Gasteiger partial charge in [-0.05, 0) is 64.8 Å². The van der Waals surface area contributed by atoms with Gasteiger partial charge in [-0.15, -0.1) is 0 Å². The van der Waals surface area contributed by atoms with Gasteiger partial charge in [0.25, 0.3) is 0 Å². The second-order valence-corrected chi connectivity index (χ2v) is 12.0. The molecule has 40 heavy (non-hydrogen) atoms. The van der Waals surface area contributed by atoms with Crippen molar-refractivity contribution < 1.29 is 36.8 Å². The highest BCUT2D eigenvalue weighted by molar-refractivity contribution is 7.85. The summed E-state index contributed by atoms with van der Waals surface area (Å²) < 4.78 is 51.0. The fourth-order valence-electron chi connectivity index (χ4n) is 5.99. The van der Waals surface area contributed by atoms with E-state index in [4.69, 9.17) is 14.2 Å². The molecule has 0 fully saturated rings. The second-order valence-electron chi connectivity index (χ2n) is 10.7. The second kappa shape index (κ2) is 11.2. The van der Waals surface area contributed by atoms with Crippen LogP contribution in [0.5, 0.6) is 5.75 Å². The van der Waals surface area contributed by atoms with Crippen LogP contribution in [-0.4, -0.2) is 44.7 Å². The summed E-state index contributed by atoms with van der Waals surface area (Å²) in [5.41, 5.74) is 5.83. The van der Waals surface area contributed by atoms with Crippen molar-refractivity contribution in [3.63, 3.8) is 0 Å². The zero-order chi connectivity index (χ0) is 28.6. The number of hydrogen-bond acceptors (Lipinski definition) is 8. The van der Waals surface area contributed by atoms with Gasteiger partial charge in [0.2, 0.25) is 0 Å². The molecule has 0 aromatic heterocycles. The monoisotopic (exact) mass is 563 g/mol. The van der Waals surface area contributed by atoms with Crippen molar-refractivity contribution in [1.82, 2.24) is 0 Å². The first-order chi connectivity index (χ1) is 19.0. The number of hydrogen-bond donors (Lipinski definition) is 0. The number of carbonyl (C=O) groups is 2. The minimum absolute atomic E-state index is 0.125. The average Bonchev–Trinajstić information content (AvgIpc) is 2.92. The maximum atomic E-state index is 12.4. The third-order valence-electron chi connectivity index (χ3n) is 7.74. The molecule has 3 aliphatic rings. The number of aryl methyl sites for hydroxylation is 1. The SMILES string of the molecule is Cc1cc(S(=O)(=O)[O-])c(C(C)C)cc1OC(=O)COCC(=O)OCC1CC2c3ccccc3C1c1ccccc12. The van der Waals surface area contributed by atoms with E-state index in [1.165, 1.54) is 41.3 Å². The van der Waals surface area contributed by atoms with Gasteiger partial charge in [-0.3, -0.25) is 0 Å². The first kappa shape index (κ1) is 28.0. The quantitative estimate of drug-likeness (QED) is 0.207. The molecule has 3 aromatic carbocycles. The predicted molar refractivity (Wildman–Crippen MR) is 145 cm³/mol. The van der Waals surface area contributed by atoms with Gasteiger partial charge in [-0.1, -0.05) is 62.4 Å². The van der Waals surface area contributed by atoms with Gasteiger partial charge in [0.15, 0.2) is 0 Å². The summed E-state index contributed by atoms with van der Waals surface area (Å²) in [5.74, 6) is -0.926. The van der Waals surface area contributed by atoms with E-state index in [1.54, 1.807) is 13.8 Å². The molecule has 3 aromatic rings. The van der Waals surface area contributed by atoms with Crippen LogP contribution < -0.4 is 4.74 Å². The fourth-order valence-corrected chi connectivity index (χ4v) is 6.89. The van der Waals surface area contributed by atoms with E-state index in [9.17, 15) is 22.6 Å². The number of esters is 2. The summed E-state index contributed by atoms with van der Waals surface area (Å²) in [7, 11) is -4.68. The van der Waals surface area contributed by atoms with Crippen LogP contribution in [0.3, 0.4) is 0 Å². The molecule has 2 bridgehead atoms. The summed E-state index contributed by atoms with van der Waals surface area (Å²) in [6.07, 6.45) is 0.892. The van der Waals surface area contributed by atoms with Gasteiger partial charge in [0.1, 0.15) is 29.1 Å². The lowest BCUT2D eigenvalue weighted by Gasteiger charge is -2.45. The molecule has 0 heterocycles. The highest BCUT2D eigenvalue weighted by Gasteiger charge is 2.43. The zero-order valence-electron chi connectivity index (χ0n) is 22.6. The van der Waals surface area contributed by atoms with E-state index in [2.05, 4.69) is 36.4 Å². The molecule has 0 amide bonds. The molecule has 210 valence electrons. The maximum absolute atomic E-state index is 12.4. The van der Waals surface area contributed by atoms with Crippen molar-refractivity contribution >= 4 is 22.1 Å². The summed E-state index contributed by atoms with van der Waals surface area (Å²) in [6.45, 7) is 4.34. The fraction of sp³-hybridized carbons (Fsp3) is 0.355. The van der Waals surface area contributed by atoms with Crippen LogP contribution in [0.2, 0.25) is 0 Å². The predicted octanol–water partition coefficient (Wildman–Crippen LogP) is 4.79. The van der Waals surface area contributed by atoms with E-state index in [1.807, 2.05) is 12.1 Å². The molecule has 0 saturated carbocycles. The highest BCUT2D eigenvalue weighted by Crippen LogP contribution is 2.55. The lowest BCUT2D eigenvalue weighted by Crippen LogP contribution is -2.35. The molecular formula is C31H31O8S-. The van der Waals surface area contributed by atoms with E-state index >= 15 is 0 Å². The van der Waals surface area contributed by atoms with E-state index < -0.39 is 35.3 Å². The third-order valence-corrected chi connectivity index (χ3v) is 8.64. The Labute approximate surface area is 234 Å². The minimum atomic E-state index is -4.68. The first-order valence-corrected chi connectivity index (χ1v) is 14.7. The van der Waals surface area contributed by atoms with Crippen molar-refractivity contribution in [1.29, 1.82) is 0 Å². The van der Waals surface area contributed by atoms with Crippen molar-refractivity contribution in [2.75, 3.05) is 19.8 Å². The Morgan fingerprint density at radius 1 is 0.925 bits per heavy atom. The highest BCUT2D eigenvalue weighted by atomic mass is 32.2. The first-order valence-electron chi connectivity index (χ1n) is 13.3. The summed E-state index contributed by atoms with van der Waals surface area (Å²) in [6, 6.07) is 19.5. The lowest BCUT2D eigenvalue weighted by molar-refractivity contribution is -0.153. The molecule has 1 unspecified atom stereocenters. The summed E-state index contributed by atoms with van der Waals surface area (Å²) >= 11 is 0. The van der Waals surface area contributed by atoms with Crippen LogP contribution in [0, 0.1) is 12.8 Å². The normalized spacial score (nSPS) is 19.2. The van der Waals surface area contributed by atoms with E-state index in [-0.39, 0.29) is 46.5 Å². The van der Waals surface area contributed by atoms with Crippen LogP contribution in [0.25, 0.3) is 0 Å². The smallest absolute Gasteiger partial charge is 0.337 e. The van der Waals surface area contributed by atoms with E-state index in [0.717, 1.165) is 6.42 Å². The molecule has 1 atom stereocenters. The number of rotatable bonds is 9. The number of ether oxygens (including phenoxy) is 3. The Hall–Kier alpha value is -3.53. The molecule has 8 nitrogen and oxygen atoms in total. The van der Waals surface area contributed by atoms with Crippen molar-refractivity contribution in [2.24, 2.45) is 5.92 Å². The van der Waals surface area contributed by atoms with Gasteiger partial charge in [0.05, 0.1) is 11.5 Å². The van der Waals surface area contributed by atoms with Gasteiger partial charge >= 0.3 is 11.9 Å². The molecule has 0 N–H and O–H groups in total. The molecule has 0 spiro atoms. The summed E-state index contributed by atoms with van der Waals surface area (Å²) in [4.78, 5) is 24.5. The molecule has 9 heteroatoms. The van der Waals surface area contributed by atoms with Gasteiger partial charge < -0.3 is 18.8 Å². The molecule has 0 saturated heterocycles. The van der Waals surface area contributed by atoms with Crippen LogP contribution >= 0.6 is 0 Å². The Kier molecular flexibility index (Phi) is 7.81. The number of carbonyl (C=O) groups excluding carboxylic acids is 2. The molecule has 6 rings (SSSR count). The largest absolute Gasteiger partial charge is 0.744 e. The van der Waals surface area contributed by atoms with E-state index in [0.29, 0.717) is 5.56 Å². The number of fused-ring (bicyclic) bond motifs is 1. The maximum Gasteiger partial charge on any atom is 0.337 e. The molecule has 3 aliphatic carbocycles. The van der Waals surface area contributed by atoms with Crippen molar-refractivity contribution in [2.45, 2.75) is 49.8 Å².